The van der Waals surface area contributed by atoms with E-state index in [9.17, 15) is 8.42 Å². The van der Waals surface area contributed by atoms with Gasteiger partial charge in [0.15, 0.2) is 0 Å². The number of para-hydroxylation sites is 1. The average molecular weight is 294 g/mol. The summed E-state index contributed by atoms with van der Waals surface area (Å²) in [5.41, 5.74) is 3.85. The van der Waals surface area contributed by atoms with Crippen molar-refractivity contribution in [2.24, 2.45) is 5.92 Å². The van der Waals surface area contributed by atoms with Gasteiger partial charge >= 0.3 is 0 Å². The predicted octanol–water partition coefficient (Wildman–Crippen LogP) is 1.87. The Morgan fingerprint density at radius 3 is 3.00 bits per heavy atom. The van der Waals surface area contributed by atoms with Gasteiger partial charge < -0.3 is 5.32 Å². The molecule has 1 unspecified atom stereocenters. The van der Waals surface area contributed by atoms with Crippen molar-refractivity contribution in [1.29, 1.82) is 0 Å². The van der Waals surface area contributed by atoms with E-state index in [1.165, 1.54) is 23.2 Å². The summed E-state index contributed by atoms with van der Waals surface area (Å²) < 4.78 is 25.6. The fourth-order valence-electron chi connectivity index (χ4n) is 3.24. The molecule has 110 valence electrons. The van der Waals surface area contributed by atoms with Gasteiger partial charge in [-0.25, -0.2) is 12.7 Å². The smallest absolute Gasteiger partial charge is 0.214 e. The second kappa shape index (κ2) is 5.37. The summed E-state index contributed by atoms with van der Waals surface area (Å²) in [7, 11) is -3.01. The van der Waals surface area contributed by atoms with Crippen molar-refractivity contribution >= 4 is 15.7 Å². The zero-order chi connectivity index (χ0) is 14.2. The lowest BCUT2D eigenvalue weighted by Crippen LogP contribution is -2.28. The van der Waals surface area contributed by atoms with Crippen LogP contribution in [0.2, 0.25) is 0 Å². The number of hydrogen-bond donors (Lipinski definition) is 1. The first-order chi connectivity index (χ1) is 9.56. The summed E-state index contributed by atoms with van der Waals surface area (Å²) >= 11 is 0. The van der Waals surface area contributed by atoms with Gasteiger partial charge in [-0.3, -0.25) is 0 Å². The summed E-state index contributed by atoms with van der Waals surface area (Å²) in [6.45, 7) is 4.29. The van der Waals surface area contributed by atoms with Gasteiger partial charge in [-0.15, -0.1) is 0 Å². The zero-order valence-corrected chi connectivity index (χ0v) is 12.7. The number of nitrogens with zero attached hydrogens (tertiary/aromatic N) is 1. The van der Waals surface area contributed by atoms with E-state index in [0.29, 0.717) is 18.8 Å². The fourth-order valence-corrected chi connectivity index (χ4v) is 5.13. The molecule has 3 rings (SSSR count). The standard InChI is InChI=1S/C15H22N2O2S/c1-12-10-17(20(18,19)11-12)9-7-14-5-2-4-13-6-3-8-16-15(13)14/h2,4-5,12,16H,3,6-11H2,1H3. The fraction of sp³-hybridized carbons (Fsp3) is 0.600. The topological polar surface area (TPSA) is 49.4 Å². The zero-order valence-electron chi connectivity index (χ0n) is 11.9. The number of benzene rings is 1. The van der Waals surface area contributed by atoms with Crippen LogP contribution < -0.4 is 5.32 Å². The predicted molar refractivity (Wildman–Crippen MR) is 81.5 cm³/mol. The van der Waals surface area contributed by atoms with Crippen LogP contribution in [0.15, 0.2) is 18.2 Å². The van der Waals surface area contributed by atoms with E-state index in [-0.39, 0.29) is 5.92 Å². The first-order valence-electron chi connectivity index (χ1n) is 7.39. The van der Waals surface area contributed by atoms with Crippen molar-refractivity contribution in [2.45, 2.75) is 26.2 Å². The quantitative estimate of drug-likeness (QED) is 0.926. The minimum absolute atomic E-state index is 0.253. The SMILES string of the molecule is CC1CN(CCc2cccc3c2NCCC3)S(=O)(=O)C1. The Balaban J connectivity index is 1.73. The monoisotopic (exact) mass is 294 g/mol. The van der Waals surface area contributed by atoms with Gasteiger partial charge in [0.05, 0.1) is 5.75 Å². The maximum Gasteiger partial charge on any atom is 0.214 e. The Labute approximate surface area is 121 Å². The number of sulfonamides is 1. The third kappa shape index (κ3) is 2.69. The Hall–Kier alpha value is -1.07. The summed E-state index contributed by atoms with van der Waals surface area (Å²) in [5.74, 6) is 0.556. The summed E-state index contributed by atoms with van der Waals surface area (Å²) in [6.07, 6.45) is 3.09. The van der Waals surface area contributed by atoms with E-state index in [1.807, 2.05) is 6.92 Å². The molecule has 2 aliphatic heterocycles. The molecule has 2 aliphatic rings. The molecule has 0 saturated carbocycles. The molecule has 20 heavy (non-hydrogen) atoms. The first-order valence-corrected chi connectivity index (χ1v) is 8.99. The van der Waals surface area contributed by atoms with E-state index >= 15 is 0 Å². The first kappa shape index (κ1) is 13.9. The second-order valence-corrected chi connectivity index (χ2v) is 7.99. The molecule has 0 radical (unpaired) electrons. The Kier molecular flexibility index (Phi) is 3.73. The highest BCUT2D eigenvalue weighted by atomic mass is 32.2. The molecular weight excluding hydrogens is 272 g/mol. The molecule has 0 aliphatic carbocycles. The number of nitrogens with one attached hydrogen (secondary N) is 1. The molecule has 0 spiro atoms. The van der Waals surface area contributed by atoms with Crippen molar-refractivity contribution in [2.75, 3.05) is 30.7 Å². The molecule has 1 N–H and O–H groups in total. The number of anilines is 1. The Bertz CT molecular complexity index is 598. The number of fused-ring (bicyclic) bond motifs is 1. The Morgan fingerprint density at radius 2 is 2.25 bits per heavy atom. The molecule has 5 heteroatoms. The maximum absolute atomic E-state index is 12.0. The molecule has 0 amide bonds. The van der Waals surface area contributed by atoms with Crippen LogP contribution in [-0.2, 0) is 22.9 Å². The third-order valence-corrected chi connectivity index (χ3v) is 6.30. The highest BCUT2D eigenvalue weighted by Gasteiger charge is 2.33. The lowest BCUT2D eigenvalue weighted by atomic mass is 9.98. The maximum atomic E-state index is 12.0. The van der Waals surface area contributed by atoms with Crippen LogP contribution in [0.3, 0.4) is 0 Å². The van der Waals surface area contributed by atoms with Crippen LogP contribution >= 0.6 is 0 Å². The molecule has 0 aromatic heterocycles. The molecular formula is C15H22N2O2S. The van der Waals surface area contributed by atoms with E-state index in [1.54, 1.807) is 4.31 Å². The molecule has 4 nitrogen and oxygen atoms in total. The van der Waals surface area contributed by atoms with Crippen LogP contribution in [0.5, 0.6) is 0 Å². The molecule has 1 fully saturated rings. The van der Waals surface area contributed by atoms with Crippen molar-refractivity contribution < 1.29 is 8.42 Å². The number of aryl methyl sites for hydroxylation is 1. The highest BCUT2D eigenvalue weighted by molar-refractivity contribution is 7.89. The van der Waals surface area contributed by atoms with E-state index in [2.05, 4.69) is 23.5 Å². The third-order valence-electron chi connectivity index (χ3n) is 4.20. The van der Waals surface area contributed by atoms with Crippen molar-refractivity contribution in [3.8, 4) is 0 Å². The molecule has 0 bridgehead atoms. The van der Waals surface area contributed by atoms with Gasteiger partial charge in [-0.05, 0) is 36.3 Å². The van der Waals surface area contributed by atoms with E-state index in [4.69, 9.17) is 0 Å². The number of hydrogen-bond acceptors (Lipinski definition) is 3. The van der Waals surface area contributed by atoms with Crippen molar-refractivity contribution in [3.63, 3.8) is 0 Å². The minimum Gasteiger partial charge on any atom is -0.385 e. The molecule has 1 saturated heterocycles. The van der Waals surface area contributed by atoms with Crippen molar-refractivity contribution in [1.82, 2.24) is 4.31 Å². The largest absolute Gasteiger partial charge is 0.385 e. The average Bonchev–Trinajstić information content (AvgIpc) is 2.68. The van der Waals surface area contributed by atoms with Gasteiger partial charge in [-0.2, -0.15) is 0 Å². The highest BCUT2D eigenvalue weighted by Crippen LogP contribution is 2.27. The van der Waals surface area contributed by atoms with Gasteiger partial charge in [-0.1, -0.05) is 25.1 Å². The Morgan fingerprint density at radius 1 is 1.40 bits per heavy atom. The van der Waals surface area contributed by atoms with Gasteiger partial charge in [0.1, 0.15) is 0 Å². The van der Waals surface area contributed by atoms with E-state index in [0.717, 1.165) is 19.4 Å². The van der Waals surface area contributed by atoms with Gasteiger partial charge in [0.2, 0.25) is 10.0 Å². The summed E-state index contributed by atoms with van der Waals surface area (Å²) in [5, 5.41) is 3.47. The van der Waals surface area contributed by atoms with Gasteiger partial charge in [0.25, 0.3) is 0 Å². The van der Waals surface area contributed by atoms with Crippen LogP contribution in [0.4, 0.5) is 5.69 Å². The van der Waals surface area contributed by atoms with Crippen LogP contribution in [0, 0.1) is 5.92 Å². The van der Waals surface area contributed by atoms with E-state index < -0.39 is 10.0 Å². The van der Waals surface area contributed by atoms with Gasteiger partial charge in [0, 0.05) is 25.3 Å². The van der Waals surface area contributed by atoms with Crippen LogP contribution in [0.25, 0.3) is 0 Å². The summed E-state index contributed by atoms with van der Waals surface area (Å²) in [6, 6.07) is 6.37. The van der Waals surface area contributed by atoms with Crippen molar-refractivity contribution in [3.05, 3.63) is 29.3 Å². The van der Waals surface area contributed by atoms with Crippen LogP contribution in [0.1, 0.15) is 24.5 Å². The normalized spacial score (nSPS) is 25.1. The second-order valence-electron chi connectivity index (χ2n) is 5.97. The molecule has 2 heterocycles. The lowest BCUT2D eigenvalue weighted by Gasteiger charge is -2.22. The molecule has 1 atom stereocenters. The lowest BCUT2D eigenvalue weighted by molar-refractivity contribution is 0.417. The number of rotatable bonds is 3. The van der Waals surface area contributed by atoms with Crippen LogP contribution in [-0.4, -0.2) is 38.1 Å². The minimum atomic E-state index is -3.01. The summed E-state index contributed by atoms with van der Waals surface area (Å²) in [4.78, 5) is 0. The molecule has 1 aromatic rings. The molecule has 1 aromatic carbocycles.